The van der Waals surface area contributed by atoms with Crippen molar-refractivity contribution in [3.8, 4) is 5.75 Å². The molecule has 1 aromatic carbocycles. The number of likely N-dealkylation sites (tertiary alicyclic amines) is 1. The number of amides is 1. The van der Waals surface area contributed by atoms with E-state index in [2.05, 4.69) is 4.90 Å². The number of Topliss-reactive ketones (excluding diaryl/α,β-unsaturated/α-hetero) is 1. The maximum Gasteiger partial charge on any atom is 0.454 e. The Hall–Kier alpha value is -2.88. The predicted octanol–water partition coefficient (Wildman–Crippen LogP) is 4.97. The molecular formula is C26H31F4N3O3. The van der Waals surface area contributed by atoms with Crippen LogP contribution >= 0.6 is 0 Å². The van der Waals surface area contributed by atoms with Crippen molar-refractivity contribution >= 4 is 11.7 Å². The van der Waals surface area contributed by atoms with Crippen LogP contribution in [0.15, 0.2) is 30.5 Å². The second-order valence-electron chi connectivity index (χ2n) is 10.6. The molecule has 3 heterocycles. The third-order valence-corrected chi connectivity index (χ3v) is 7.24. The highest BCUT2D eigenvalue weighted by Gasteiger charge is 2.50. The van der Waals surface area contributed by atoms with Crippen LogP contribution in [0.2, 0.25) is 0 Å². The fourth-order valence-electron chi connectivity index (χ4n) is 5.52. The first-order chi connectivity index (χ1) is 16.7. The topological polar surface area (TPSA) is 54.8 Å². The number of halogens is 4. The number of hydrogen-bond donors (Lipinski definition) is 0. The van der Waals surface area contributed by atoms with E-state index < -0.39 is 34.8 Å². The number of rotatable bonds is 4. The summed E-state index contributed by atoms with van der Waals surface area (Å²) >= 11 is 0. The van der Waals surface area contributed by atoms with E-state index in [0.717, 1.165) is 0 Å². The summed E-state index contributed by atoms with van der Waals surface area (Å²) in [5, 5.41) is 0. The van der Waals surface area contributed by atoms with Crippen LogP contribution in [0.25, 0.3) is 0 Å². The SMILES string of the molecule is CC(C)Oc1ccc(C(=O)N2CCC3(CC2)c2cc(C(=O)C(F)(F)F)cn2C(C)(C)CN3C)c(F)c1. The molecule has 0 radical (unpaired) electrons. The molecule has 36 heavy (non-hydrogen) atoms. The lowest BCUT2D eigenvalue weighted by Crippen LogP contribution is -2.60. The number of ether oxygens (including phenoxy) is 1. The molecule has 1 fully saturated rings. The molecular weight excluding hydrogens is 478 g/mol. The maximum atomic E-state index is 14.7. The van der Waals surface area contributed by atoms with Crippen LogP contribution in [0.4, 0.5) is 17.6 Å². The number of piperidine rings is 1. The van der Waals surface area contributed by atoms with Crippen LogP contribution in [0.3, 0.4) is 0 Å². The summed E-state index contributed by atoms with van der Waals surface area (Å²) in [5.74, 6) is -2.64. The van der Waals surface area contributed by atoms with Crippen molar-refractivity contribution in [1.29, 1.82) is 0 Å². The Labute approximate surface area is 207 Å². The van der Waals surface area contributed by atoms with Crippen LogP contribution in [-0.2, 0) is 11.1 Å². The molecule has 0 saturated carbocycles. The number of ketones is 1. The highest BCUT2D eigenvalue weighted by atomic mass is 19.4. The van der Waals surface area contributed by atoms with Crippen LogP contribution in [0.1, 0.15) is 66.9 Å². The van der Waals surface area contributed by atoms with Gasteiger partial charge >= 0.3 is 6.18 Å². The summed E-state index contributed by atoms with van der Waals surface area (Å²) in [4.78, 5) is 28.8. The minimum absolute atomic E-state index is 0.0541. The second-order valence-corrected chi connectivity index (χ2v) is 10.6. The van der Waals surface area contributed by atoms with Crippen LogP contribution in [-0.4, -0.2) is 65.0 Å². The zero-order valence-corrected chi connectivity index (χ0v) is 21.1. The molecule has 4 rings (SSSR count). The standard InChI is InChI=1S/C26H31F4N3O3/c1-16(2)36-18-6-7-19(20(27)13-18)23(35)32-10-8-25(9-11-32)21-12-17(22(34)26(28,29)30)14-33(21)24(3,4)15-31(25)5/h6-7,12-14,16H,8-11,15H2,1-5H3. The molecule has 1 amide bonds. The molecule has 0 unspecified atom stereocenters. The molecule has 2 aliphatic rings. The van der Waals surface area contributed by atoms with E-state index in [4.69, 9.17) is 4.74 Å². The predicted molar refractivity (Wildman–Crippen MR) is 126 cm³/mol. The lowest BCUT2D eigenvalue weighted by Gasteiger charge is -2.54. The number of benzene rings is 1. The van der Waals surface area contributed by atoms with E-state index in [0.29, 0.717) is 43.9 Å². The van der Waals surface area contributed by atoms with E-state index in [9.17, 15) is 27.2 Å². The van der Waals surface area contributed by atoms with Crippen molar-refractivity contribution in [2.24, 2.45) is 0 Å². The first kappa shape index (κ1) is 26.2. The van der Waals surface area contributed by atoms with Crippen molar-refractivity contribution in [2.75, 3.05) is 26.7 Å². The molecule has 1 aromatic heterocycles. The minimum atomic E-state index is -4.96. The number of alkyl halides is 3. The minimum Gasteiger partial charge on any atom is -0.491 e. The van der Waals surface area contributed by atoms with Crippen LogP contribution in [0.5, 0.6) is 5.75 Å². The molecule has 2 aliphatic heterocycles. The van der Waals surface area contributed by atoms with Crippen molar-refractivity contribution in [2.45, 2.75) is 63.9 Å². The summed E-state index contributed by atoms with van der Waals surface area (Å²) in [6.45, 7) is 8.60. The van der Waals surface area contributed by atoms with E-state index in [-0.39, 0.29) is 17.2 Å². The van der Waals surface area contributed by atoms with E-state index in [1.54, 1.807) is 15.5 Å². The maximum absolute atomic E-state index is 14.7. The molecule has 0 aliphatic carbocycles. The number of aromatic nitrogens is 1. The normalized spacial score (nSPS) is 19.4. The smallest absolute Gasteiger partial charge is 0.454 e. The Balaban J connectivity index is 1.60. The van der Waals surface area contributed by atoms with Crippen molar-refractivity contribution in [1.82, 2.24) is 14.4 Å². The average Bonchev–Trinajstić information content (AvgIpc) is 3.23. The summed E-state index contributed by atoms with van der Waals surface area (Å²) in [6, 6.07) is 5.51. The third kappa shape index (κ3) is 4.51. The summed E-state index contributed by atoms with van der Waals surface area (Å²) in [5.41, 5.74) is -0.993. The fourth-order valence-corrected chi connectivity index (χ4v) is 5.52. The number of carbonyl (C=O) groups is 2. The van der Waals surface area contributed by atoms with Gasteiger partial charge in [0.25, 0.3) is 11.7 Å². The first-order valence-corrected chi connectivity index (χ1v) is 12.0. The van der Waals surface area contributed by atoms with E-state index in [1.165, 1.54) is 24.4 Å². The number of hydrogen-bond acceptors (Lipinski definition) is 4. The van der Waals surface area contributed by atoms with Gasteiger partial charge in [-0.3, -0.25) is 14.5 Å². The average molecular weight is 510 g/mol. The molecule has 10 heteroatoms. The van der Waals surface area contributed by atoms with E-state index >= 15 is 0 Å². The van der Waals surface area contributed by atoms with Gasteiger partial charge in [0.15, 0.2) is 0 Å². The quantitative estimate of drug-likeness (QED) is 0.432. The lowest BCUT2D eigenvalue weighted by molar-refractivity contribution is -0.0885. The zero-order chi connectivity index (χ0) is 26.6. The number of likely N-dealkylation sites (N-methyl/N-ethyl adjacent to an activating group) is 1. The second kappa shape index (κ2) is 8.90. The summed E-state index contributed by atoms with van der Waals surface area (Å²) in [6.07, 6.45) is -2.92. The van der Waals surface area contributed by atoms with Gasteiger partial charge in [-0.15, -0.1) is 0 Å². The Bertz CT molecular complexity index is 1180. The molecule has 196 valence electrons. The Morgan fingerprint density at radius 3 is 2.28 bits per heavy atom. The van der Waals surface area contributed by atoms with Crippen molar-refractivity contribution in [3.05, 3.63) is 53.1 Å². The third-order valence-electron chi connectivity index (χ3n) is 7.24. The first-order valence-electron chi connectivity index (χ1n) is 12.0. The van der Waals surface area contributed by atoms with Gasteiger partial charge in [-0.2, -0.15) is 13.2 Å². The molecule has 1 saturated heterocycles. The monoisotopic (exact) mass is 509 g/mol. The Kier molecular flexibility index (Phi) is 6.47. The van der Waals surface area contributed by atoms with Gasteiger partial charge in [-0.25, -0.2) is 4.39 Å². The molecule has 2 aromatic rings. The van der Waals surface area contributed by atoms with Gasteiger partial charge in [0.1, 0.15) is 11.6 Å². The van der Waals surface area contributed by atoms with Gasteiger partial charge in [0.05, 0.1) is 22.7 Å². The summed E-state index contributed by atoms with van der Waals surface area (Å²) in [7, 11) is 1.91. The van der Waals surface area contributed by atoms with Gasteiger partial charge < -0.3 is 14.2 Å². The molecule has 1 spiro atoms. The molecule has 0 atom stereocenters. The molecule has 0 bridgehead atoms. The number of fused-ring (bicyclic) bond motifs is 2. The highest BCUT2D eigenvalue weighted by Crippen LogP contribution is 2.46. The highest BCUT2D eigenvalue weighted by molar-refractivity contribution is 6.00. The van der Waals surface area contributed by atoms with Crippen LogP contribution in [0, 0.1) is 5.82 Å². The zero-order valence-electron chi connectivity index (χ0n) is 21.1. The van der Waals surface area contributed by atoms with Crippen molar-refractivity contribution < 1.29 is 31.9 Å². The van der Waals surface area contributed by atoms with Gasteiger partial charge in [0.2, 0.25) is 0 Å². The molecule has 6 nitrogen and oxygen atoms in total. The summed E-state index contributed by atoms with van der Waals surface area (Å²) < 4.78 is 61.5. The van der Waals surface area contributed by atoms with Gasteiger partial charge in [0, 0.05) is 43.2 Å². The fraction of sp³-hybridized carbons (Fsp3) is 0.538. The molecule has 0 N–H and O–H groups in total. The van der Waals surface area contributed by atoms with Crippen molar-refractivity contribution in [3.63, 3.8) is 0 Å². The number of nitrogens with zero attached hydrogens (tertiary/aromatic N) is 3. The van der Waals surface area contributed by atoms with Gasteiger partial charge in [-0.1, -0.05) is 0 Å². The largest absolute Gasteiger partial charge is 0.491 e. The van der Waals surface area contributed by atoms with Crippen LogP contribution < -0.4 is 4.74 Å². The van der Waals surface area contributed by atoms with Gasteiger partial charge in [-0.05, 0) is 65.8 Å². The Morgan fingerprint density at radius 2 is 1.72 bits per heavy atom. The Morgan fingerprint density at radius 1 is 1.08 bits per heavy atom. The van der Waals surface area contributed by atoms with E-state index in [1.807, 2.05) is 34.7 Å². The number of carbonyl (C=O) groups excluding carboxylic acids is 2. The lowest BCUT2D eigenvalue weighted by atomic mass is 9.78.